The summed E-state index contributed by atoms with van der Waals surface area (Å²) in [6.07, 6.45) is 2.48. The zero-order valence-corrected chi connectivity index (χ0v) is 12.2. The van der Waals surface area contributed by atoms with Crippen LogP contribution in [0.25, 0.3) is 10.9 Å². The molecule has 2 N–H and O–H groups in total. The number of aliphatic hydroxyl groups is 1. The van der Waals surface area contributed by atoms with E-state index in [0.717, 1.165) is 25.9 Å². The Kier molecular flexibility index (Phi) is 3.47. The molecule has 1 aromatic carbocycles. The van der Waals surface area contributed by atoms with Gasteiger partial charge < -0.3 is 15.2 Å². The number of aliphatic hydroxyl groups excluding tert-OH is 1. The highest BCUT2D eigenvalue weighted by molar-refractivity contribution is 5.84. The molecule has 0 unspecified atom stereocenters. The van der Waals surface area contributed by atoms with Crippen molar-refractivity contribution in [2.45, 2.75) is 25.0 Å². The Morgan fingerprint density at radius 1 is 1.18 bits per heavy atom. The van der Waals surface area contributed by atoms with Crippen LogP contribution in [0.2, 0.25) is 0 Å². The maximum absolute atomic E-state index is 13.8. The van der Waals surface area contributed by atoms with Gasteiger partial charge in [-0.2, -0.15) is 0 Å². The van der Waals surface area contributed by atoms with Crippen LogP contribution in [0.1, 0.15) is 12.8 Å². The molecule has 2 heterocycles. The van der Waals surface area contributed by atoms with E-state index in [2.05, 4.69) is 10.3 Å². The smallest absolute Gasteiger partial charge is 0.146 e. The molecule has 4 atom stereocenters. The first kappa shape index (κ1) is 13.9. The van der Waals surface area contributed by atoms with Crippen LogP contribution in [-0.2, 0) is 0 Å². The first-order valence-electron chi connectivity index (χ1n) is 7.81. The van der Waals surface area contributed by atoms with E-state index in [1.54, 1.807) is 24.4 Å². The molecule has 4 nitrogen and oxygen atoms in total. The van der Waals surface area contributed by atoms with Crippen LogP contribution in [0.3, 0.4) is 0 Å². The van der Waals surface area contributed by atoms with E-state index in [-0.39, 0.29) is 11.9 Å². The molecule has 0 radical (unpaired) electrons. The van der Waals surface area contributed by atoms with Gasteiger partial charge in [-0.1, -0.05) is 0 Å². The van der Waals surface area contributed by atoms with Crippen molar-refractivity contribution in [2.75, 3.05) is 13.1 Å². The zero-order chi connectivity index (χ0) is 15.1. The first-order chi connectivity index (χ1) is 10.7. The Morgan fingerprint density at radius 2 is 2.00 bits per heavy atom. The fourth-order valence-electron chi connectivity index (χ4n) is 3.75. The van der Waals surface area contributed by atoms with Crippen LogP contribution in [0.4, 0.5) is 4.39 Å². The molecule has 5 heteroatoms. The lowest BCUT2D eigenvalue weighted by Gasteiger charge is -2.35. The van der Waals surface area contributed by atoms with Crippen LogP contribution >= 0.6 is 0 Å². The molecule has 1 aliphatic heterocycles. The highest BCUT2D eigenvalue weighted by Gasteiger charge is 2.40. The summed E-state index contributed by atoms with van der Waals surface area (Å²) in [7, 11) is 0. The number of pyridine rings is 1. The predicted octanol–water partition coefficient (Wildman–Crippen LogP) is 2.11. The number of aromatic nitrogens is 1. The Morgan fingerprint density at radius 3 is 2.86 bits per heavy atom. The van der Waals surface area contributed by atoms with Gasteiger partial charge in [0.2, 0.25) is 0 Å². The summed E-state index contributed by atoms with van der Waals surface area (Å²) < 4.78 is 19.9. The van der Waals surface area contributed by atoms with Gasteiger partial charge in [0.25, 0.3) is 0 Å². The summed E-state index contributed by atoms with van der Waals surface area (Å²) in [5.74, 6) is 1.33. The Bertz CT molecular complexity index is 693. The van der Waals surface area contributed by atoms with Gasteiger partial charge in [-0.25, -0.2) is 4.39 Å². The molecule has 1 saturated carbocycles. The highest BCUT2D eigenvalue weighted by atomic mass is 19.1. The minimum absolute atomic E-state index is 0.253. The van der Waals surface area contributed by atoms with Crippen molar-refractivity contribution in [3.8, 4) is 5.75 Å². The van der Waals surface area contributed by atoms with E-state index in [4.69, 9.17) is 4.74 Å². The number of rotatable bonds is 2. The number of nitrogens with one attached hydrogen (secondary N) is 1. The van der Waals surface area contributed by atoms with E-state index in [1.807, 2.05) is 0 Å². The van der Waals surface area contributed by atoms with Crippen molar-refractivity contribution in [1.82, 2.24) is 10.3 Å². The number of hydrogen-bond acceptors (Lipinski definition) is 4. The van der Waals surface area contributed by atoms with Crippen LogP contribution < -0.4 is 10.1 Å². The molecule has 1 aromatic heterocycles. The van der Waals surface area contributed by atoms with Gasteiger partial charge in [0.05, 0.1) is 6.10 Å². The normalized spacial score (nSPS) is 31.2. The lowest BCUT2D eigenvalue weighted by molar-refractivity contribution is -0.0225. The van der Waals surface area contributed by atoms with Gasteiger partial charge in [-0.15, -0.1) is 0 Å². The molecule has 0 amide bonds. The Hall–Kier alpha value is -1.72. The largest absolute Gasteiger partial charge is 0.485 e. The summed E-state index contributed by atoms with van der Waals surface area (Å²) in [6, 6.07) is 6.41. The third-order valence-electron chi connectivity index (χ3n) is 4.95. The SMILES string of the molecule is O[C@@H]1C[C@H]2CNC[C@H]2C[C@H]1Oc1ccc(F)c2cccnc12. The Balaban J connectivity index is 1.62. The van der Waals surface area contributed by atoms with E-state index in [1.165, 1.54) is 6.07 Å². The fourth-order valence-corrected chi connectivity index (χ4v) is 3.75. The zero-order valence-electron chi connectivity index (χ0n) is 12.2. The molecule has 2 aliphatic rings. The lowest BCUT2D eigenvalue weighted by Crippen LogP contribution is -2.42. The Labute approximate surface area is 128 Å². The minimum atomic E-state index is -0.482. The van der Waals surface area contributed by atoms with E-state index >= 15 is 0 Å². The van der Waals surface area contributed by atoms with Crippen molar-refractivity contribution < 1.29 is 14.2 Å². The van der Waals surface area contributed by atoms with Gasteiger partial charge in [-0.3, -0.25) is 4.98 Å². The molecule has 22 heavy (non-hydrogen) atoms. The maximum Gasteiger partial charge on any atom is 0.146 e. The quantitative estimate of drug-likeness (QED) is 0.892. The number of ether oxygens (including phenoxy) is 1. The standard InChI is InChI=1S/C17H19FN2O2/c18-13-3-4-15(17-12(13)2-1-5-20-17)22-16-7-11-9-19-8-10(11)6-14(16)21/h1-5,10-11,14,16,19,21H,6-9H2/t10-,11+,14+,16+/m0/s1. The number of benzene rings is 1. The van der Waals surface area contributed by atoms with Crippen LogP contribution in [-0.4, -0.2) is 35.4 Å². The lowest BCUT2D eigenvalue weighted by atomic mass is 9.78. The van der Waals surface area contributed by atoms with Gasteiger partial charge in [-0.05, 0) is 62.0 Å². The third kappa shape index (κ3) is 2.34. The third-order valence-corrected chi connectivity index (χ3v) is 4.95. The summed E-state index contributed by atoms with van der Waals surface area (Å²) in [4.78, 5) is 4.24. The topological polar surface area (TPSA) is 54.4 Å². The summed E-state index contributed by atoms with van der Waals surface area (Å²) >= 11 is 0. The molecule has 1 saturated heterocycles. The molecular formula is C17H19FN2O2. The molecule has 4 rings (SSSR count). The average molecular weight is 302 g/mol. The van der Waals surface area contributed by atoms with Crippen LogP contribution in [0, 0.1) is 17.7 Å². The molecule has 116 valence electrons. The summed E-state index contributed by atoms with van der Waals surface area (Å²) in [5, 5.41) is 14.2. The second kappa shape index (κ2) is 5.48. The molecule has 0 bridgehead atoms. The van der Waals surface area contributed by atoms with Crippen molar-refractivity contribution in [2.24, 2.45) is 11.8 Å². The molecule has 2 aromatic rings. The summed E-state index contributed by atoms with van der Waals surface area (Å²) in [6.45, 7) is 1.97. The van der Waals surface area contributed by atoms with Crippen molar-refractivity contribution in [3.63, 3.8) is 0 Å². The second-order valence-electron chi connectivity index (χ2n) is 6.32. The predicted molar refractivity (Wildman–Crippen MR) is 81.2 cm³/mol. The van der Waals surface area contributed by atoms with Crippen LogP contribution in [0.15, 0.2) is 30.5 Å². The van der Waals surface area contributed by atoms with E-state index in [0.29, 0.717) is 28.5 Å². The molecule has 1 aliphatic carbocycles. The van der Waals surface area contributed by atoms with Gasteiger partial charge >= 0.3 is 0 Å². The highest BCUT2D eigenvalue weighted by Crippen LogP contribution is 2.36. The van der Waals surface area contributed by atoms with Crippen molar-refractivity contribution >= 4 is 10.9 Å². The first-order valence-corrected chi connectivity index (χ1v) is 7.81. The molecule has 0 spiro atoms. The number of nitrogens with zero attached hydrogens (tertiary/aromatic N) is 1. The number of halogens is 1. The fraction of sp³-hybridized carbons (Fsp3) is 0.471. The minimum Gasteiger partial charge on any atom is -0.485 e. The molecular weight excluding hydrogens is 283 g/mol. The average Bonchev–Trinajstić information content (AvgIpc) is 2.97. The molecule has 2 fully saturated rings. The monoisotopic (exact) mass is 302 g/mol. The van der Waals surface area contributed by atoms with E-state index in [9.17, 15) is 9.50 Å². The summed E-state index contributed by atoms with van der Waals surface area (Å²) in [5.41, 5.74) is 0.515. The maximum atomic E-state index is 13.8. The van der Waals surface area contributed by atoms with Gasteiger partial charge in [0, 0.05) is 11.6 Å². The van der Waals surface area contributed by atoms with E-state index < -0.39 is 6.10 Å². The van der Waals surface area contributed by atoms with Crippen molar-refractivity contribution in [3.05, 3.63) is 36.3 Å². The number of fused-ring (bicyclic) bond motifs is 2. The number of hydrogen-bond donors (Lipinski definition) is 2. The van der Waals surface area contributed by atoms with Crippen LogP contribution in [0.5, 0.6) is 5.75 Å². The second-order valence-corrected chi connectivity index (χ2v) is 6.32. The van der Waals surface area contributed by atoms with Gasteiger partial charge in [0.15, 0.2) is 0 Å². The van der Waals surface area contributed by atoms with Crippen molar-refractivity contribution in [1.29, 1.82) is 0 Å². The van der Waals surface area contributed by atoms with Gasteiger partial charge in [0.1, 0.15) is 23.2 Å².